The molecule has 0 saturated carbocycles. The molecule has 1 amide bonds. The highest BCUT2D eigenvalue weighted by Crippen LogP contribution is 2.39. The number of nitrogens with two attached hydrogens (primary N) is 1. The molecule has 3 N–H and O–H groups in total. The number of anilines is 4. The Labute approximate surface area is 185 Å². The summed E-state index contributed by atoms with van der Waals surface area (Å²) in [6, 6.07) is 12.7. The summed E-state index contributed by atoms with van der Waals surface area (Å²) >= 11 is 0. The third-order valence-electron chi connectivity index (χ3n) is 5.25. The van der Waals surface area contributed by atoms with Gasteiger partial charge in [-0.15, -0.1) is 0 Å². The number of carbonyl (C=O) groups is 1. The molecule has 166 valence electrons. The van der Waals surface area contributed by atoms with Crippen LogP contribution in [0.15, 0.2) is 59.6 Å². The van der Waals surface area contributed by atoms with E-state index in [1.807, 2.05) is 24.3 Å². The number of primary sulfonamides is 1. The summed E-state index contributed by atoms with van der Waals surface area (Å²) in [4.78, 5) is 25.3. The quantitative estimate of drug-likeness (QED) is 0.599. The normalized spacial score (nSPS) is 16.0. The number of amides is 1. The number of benzene rings is 2. The monoisotopic (exact) mass is 454 g/mol. The number of methoxy groups -OCH3 is 1. The average Bonchev–Trinajstić information content (AvgIpc) is 2.77. The first kappa shape index (κ1) is 21.5. The van der Waals surface area contributed by atoms with Crippen molar-refractivity contribution >= 4 is 39.1 Å². The van der Waals surface area contributed by atoms with Crippen molar-refractivity contribution in [1.82, 2.24) is 9.97 Å². The van der Waals surface area contributed by atoms with Gasteiger partial charge < -0.3 is 19.9 Å². The molecule has 1 aromatic heterocycles. The fourth-order valence-electron chi connectivity index (χ4n) is 3.55. The molecular weight excluding hydrogens is 432 g/mol. The van der Waals surface area contributed by atoms with Gasteiger partial charge in [0.05, 0.1) is 18.2 Å². The van der Waals surface area contributed by atoms with Crippen molar-refractivity contribution in [2.75, 3.05) is 36.3 Å². The third kappa shape index (κ3) is 3.95. The molecule has 0 spiro atoms. The van der Waals surface area contributed by atoms with Crippen LogP contribution in [0.1, 0.15) is 11.6 Å². The van der Waals surface area contributed by atoms with Gasteiger partial charge in [-0.25, -0.2) is 18.5 Å². The lowest BCUT2D eigenvalue weighted by atomic mass is 10.0. The van der Waals surface area contributed by atoms with Crippen LogP contribution in [0.25, 0.3) is 0 Å². The molecule has 4 rings (SSSR count). The van der Waals surface area contributed by atoms with Gasteiger partial charge >= 0.3 is 0 Å². The van der Waals surface area contributed by atoms with Gasteiger partial charge in [-0.2, -0.15) is 4.98 Å². The molecule has 0 bridgehead atoms. The Kier molecular flexibility index (Phi) is 5.45. The number of sulfonamides is 1. The van der Waals surface area contributed by atoms with Crippen LogP contribution >= 0.6 is 0 Å². The van der Waals surface area contributed by atoms with Crippen LogP contribution in [0, 0.1) is 0 Å². The van der Waals surface area contributed by atoms with Gasteiger partial charge in [0.1, 0.15) is 17.5 Å². The predicted molar refractivity (Wildman–Crippen MR) is 121 cm³/mol. The zero-order chi connectivity index (χ0) is 23.0. The number of hydrogen-bond donors (Lipinski definition) is 2. The zero-order valence-corrected chi connectivity index (χ0v) is 18.5. The Hall–Kier alpha value is -3.70. The molecule has 1 atom stereocenters. The Morgan fingerprint density at radius 3 is 2.50 bits per heavy atom. The highest BCUT2D eigenvalue weighted by Gasteiger charge is 2.37. The summed E-state index contributed by atoms with van der Waals surface area (Å²) in [7, 11) is 1.29. The van der Waals surface area contributed by atoms with Crippen LogP contribution < -0.4 is 25.0 Å². The second-order valence-corrected chi connectivity index (χ2v) is 8.85. The van der Waals surface area contributed by atoms with Crippen LogP contribution in [0.5, 0.6) is 5.75 Å². The lowest BCUT2D eigenvalue weighted by molar-refractivity contribution is -0.120. The molecule has 1 aliphatic heterocycles. The van der Waals surface area contributed by atoms with E-state index >= 15 is 0 Å². The summed E-state index contributed by atoms with van der Waals surface area (Å²) in [6.07, 6.45) is 1.57. The zero-order valence-electron chi connectivity index (χ0n) is 17.7. The first-order valence-electron chi connectivity index (χ1n) is 9.60. The second-order valence-electron chi connectivity index (χ2n) is 7.28. The first-order chi connectivity index (χ1) is 15.2. The number of nitrogens with zero attached hydrogens (tertiary/aromatic N) is 4. The highest BCUT2D eigenvalue weighted by atomic mass is 32.2. The maximum Gasteiger partial charge on any atom is 0.254 e. The van der Waals surface area contributed by atoms with Gasteiger partial charge in [-0.3, -0.25) is 4.79 Å². The number of fused-ring (bicyclic) bond motifs is 1. The Bertz CT molecular complexity index is 1280. The maximum absolute atomic E-state index is 13.1. The molecule has 11 heteroatoms. The van der Waals surface area contributed by atoms with E-state index in [-0.39, 0.29) is 10.8 Å². The van der Waals surface area contributed by atoms with Crippen molar-refractivity contribution < 1.29 is 17.9 Å². The smallest absolute Gasteiger partial charge is 0.254 e. The predicted octanol–water partition coefficient (Wildman–Crippen LogP) is 2.03. The summed E-state index contributed by atoms with van der Waals surface area (Å²) in [5.41, 5.74) is 1.94. The average molecular weight is 455 g/mol. The third-order valence-corrected chi connectivity index (χ3v) is 6.18. The number of nitrogens with one attached hydrogen (secondary N) is 1. The minimum atomic E-state index is -3.77. The molecule has 2 aromatic carbocycles. The molecule has 32 heavy (non-hydrogen) atoms. The van der Waals surface area contributed by atoms with E-state index in [0.717, 1.165) is 5.56 Å². The van der Waals surface area contributed by atoms with Gasteiger partial charge in [0.2, 0.25) is 16.0 Å². The summed E-state index contributed by atoms with van der Waals surface area (Å²) in [5.74, 6) is 1.41. The van der Waals surface area contributed by atoms with Crippen molar-refractivity contribution in [2.45, 2.75) is 10.9 Å². The van der Waals surface area contributed by atoms with Crippen molar-refractivity contribution in [3.8, 4) is 5.75 Å². The minimum Gasteiger partial charge on any atom is -0.497 e. The van der Waals surface area contributed by atoms with Gasteiger partial charge in [-0.1, -0.05) is 12.1 Å². The number of rotatable bonds is 5. The standard InChI is InChI=1S/C21H22N6O4S/c1-26-17-12-23-21(24-14-7-9-16(10-8-14)32(22,29)30)25-19(17)27(2)18(20(26)28)13-5-4-6-15(11-13)31-3/h4-12,18H,1-3H3,(H2,22,29,30)(H,23,24,25). The maximum atomic E-state index is 13.1. The Morgan fingerprint density at radius 2 is 1.84 bits per heavy atom. The molecule has 0 radical (unpaired) electrons. The van der Waals surface area contributed by atoms with E-state index in [1.54, 1.807) is 44.4 Å². The van der Waals surface area contributed by atoms with E-state index in [0.29, 0.717) is 28.9 Å². The first-order valence-corrected chi connectivity index (χ1v) is 11.1. The SMILES string of the molecule is COc1cccc(C2C(=O)N(C)c3cnc(Nc4ccc(S(N)(=O)=O)cc4)nc3N2C)c1. The van der Waals surface area contributed by atoms with Gasteiger partial charge in [0, 0.05) is 19.8 Å². The van der Waals surface area contributed by atoms with E-state index in [9.17, 15) is 13.2 Å². The van der Waals surface area contributed by atoms with Crippen LogP contribution in [0.4, 0.5) is 23.1 Å². The molecule has 1 aliphatic rings. The Morgan fingerprint density at radius 1 is 1.12 bits per heavy atom. The Balaban J connectivity index is 1.66. The number of hydrogen-bond acceptors (Lipinski definition) is 8. The molecule has 2 heterocycles. The van der Waals surface area contributed by atoms with E-state index in [2.05, 4.69) is 15.3 Å². The topological polar surface area (TPSA) is 131 Å². The van der Waals surface area contributed by atoms with Crippen molar-refractivity contribution in [2.24, 2.45) is 5.14 Å². The van der Waals surface area contributed by atoms with Crippen molar-refractivity contribution in [1.29, 1.82) is 0 Å². The number of aromatic nitrogens is 2. The fourth-order valence-corrected chi connectivity index (χ4v) is 4.06. The lowest BCUT2D eigenvalue weighted by Crippen LogP contribution is -2.45. The molecule has 0 aliphatic carbocycles. The second kappa shape index (κ2) is 8.09. The van der Waals surface area contributed by atoms with Crippen molar-refractivity contribution in [3.63, 3.8) is 0 Å². The minimum absolute atomic E-state index is 0.00964. The van der Waals surface area contributed by atoms with Crippen molar-refractivity contribution in [3.05, 3.63) is 60.3 Å². The van der Waals surface area contributed by atoms with E-state index in [4.69, 9.17) is 9.88 Å². The van der Waals surface area contributed by atoms with Gasteiger partial charge in [0.25, 0.3) is 5.91 Å². The molecule has 3 aromatic rings. The van der Waals surface area contributed by atoms with Crippen LogP contribution in [-0.2, 0) is 14.8 Å². The summed E-state index contributed by atoms with van der Waals surface area (Å²) < 4.78 is 28.2. The van der Waals surface area contributed by atoms with Crippen LogP contribution in [-0.4, -0.2) is 45.5 Å². The van der Waals surface area contributed by atoms with Gasteiger partial charge in [0.15, 0.2) is 5.82 Å². The molecule has 1 unspecified atom stereocenters. The molecule has 10 nitrogen and oxygen atoms in total. The molecule has 0 saturated heterocycles. The van der Waals surface area contributed by atoms with Crippen LogP contribution in [0.3, 0.4) is 0 Å². The van der Waals surface area contributed by atoms with E-state index in [1.165, 1.54) is 17.0 Å². The summed E-state index contributed by atoms with van der Waals surface area (Å²) in [6.45, 7) is 0. The molecule has 0 fully saturated rings. The van der Waals surface area contributed by atoms with Crippen LogP contribution in [0.2, 0.25) is 0 Å². The highest BCUT2D eigenvalue weighted by molar-refractivity contribution is 7.89. The largest absolute Gasteiger partial charge is 0.497 e. The number of likely N-dealkylation sites (N-methyl/N-ethyl adjacent to an activating group) is 2. The fraction of sp³-hybridized carbons (Fsp3) is 0.190. The van der Waals surface area contributed by atoms with E-state index < -0.39 is 16.1 Å². The summed E-state index contributed by atoms with van der Waals surface area (Å²) in [5, 5.41) is 8.18. The lowest BCUT2D eigenvalue weighted by Gasteiger charge is -2.38. The number of carbonyl (C=O) groups excluding carboxylic acids is 1. The number of ether oxygens (including phenoxy) is 1. The molecular formula is C21H22N6O4S. The van der Waals surface area contributed by atoms with Gasteiger partial charge in [-0.05, 0) is 42.0 Å².